The van der Waals surface area contributed by atoms with Gasteiger partial charge in [-0.25, -0.2) is 0 Å². The van der Waals surface area contributed by atoms with Crippen LogP contribution in [-0.2, 0) is 0 Å². The van der Waals surface area contributed by atoms with Gasteiger partial charge in [0, 0.05) is 19.1 Å². The van der Waals surface area contributed by atoms with Crippen LogP contribution >= 0.6 is 46.9 Å². The molecule has 0 spiro atoms. The predicted molar refractivity (Wildman–Crippen MR) is 83.9 cm³/mol. The van der Waals surface area contributed by atoms with Gasteiger partial charge in [0.05, 0.1) is 9.90 Å². The molecule has 2 rings (SSSR count). The minimum absolute atomic E-state index is 0. The van der Waals surface area contributed by atoms with E-state index in [9.17, 15) is 4.79 Å². The van der Waals surface area contributed by atoms with Crippen LogP contribution in [-0.4, -0.2) is 29.9 Å². The number of amides is 1. The molecule has 1 aromatic heterocycles. The Morgan fingerprint density at radius 3 is 2.63 bits per heavy atom. The van der Waals surface area contributed by atoms with Crippen molar-refractivity contribution in [3.63, 3.8) is 0 Å². The molecule has 1 unspecified atom stereocenters. The summed E-state index contributed by atoms with van der Waals surface area (Å²) < 4.78 is 0.994. The number of nitrogens with two attached hydrogens (primary N) is 1. The maximum atomic E-state index is 12.4. The number of carbonyl (C=O) groups excluding carboxylic acids is 1. The summed E-state index contributed by atoms with van der Waals surface area (Å²) in [6.07, 6.45) is 0.814. The van der Waals surface area contributed by atoms with Crippen LogP contribution in [0.5, 0.6) is 0 Å². The van der Waals surface area contributed by atoms with E-state index in [-0.39, 0.29) is 29.8 Å². The molecule has 0 aromatic carbocycles. The van der Waals surface area contributed by atoms with Gasteiger partial charge >= 0.3 is 0 Å². The maximum absolute atomic E-state index is 12.4. The van der Waals surface area contributed by atoms with Crippen molar-refractivity contribution >= 4 is 52.9 Å². The predicted octanol–water partition coefficient (Wildman–Crippen LogP) is 3.68. The van der Waals surface area contributed by atoms with Crippen molar-refractivity contribution in [3.05, 3.63) is 20.3 Å². The molecule has 2 N–H and O–H groups in total. The number of hydrogen-bond donors (Lipinski definition) is 1. The van der Waals surface area contributed by atoms with E-state index in [0.29, 0.717) is 27.3 Å². The number of hydrogen-bond acceptors (Lipinski definition) is 3. The van der Waals surface area contributed by atoms with Gasteiger partial charge in [0.2, 0.25) is 0 Å². The van der Waals surface area contributed by atoms with E-state index in [2.05, 4.69) is 13.8 Å². The number of carbonyl (C=O) groups is 1. The van der Waals surface area contributed by atoms with Crippen LogP contribution in [0.15, 0.2) is 6.07 Å². The summed E-state index contributed by atoms with van der Waals surface area (Å²) in [6.45, 7) is 5.49. The first-order chi connectivity index (χ1) is 8.31. The van der Waals surface area contributed by atoms with E-state index < -0.39 is 0 Å². The quantitative estimate of drug-likeness (QED) is 0.845. The van der Waals surface area contributed by atoms with E-state index in [1.807, 2.05) is 4.90 Å². The van der Waals surface area contributed by atoms with Crippen molar-refractivity contribution in [3.8, 4) is 0 Å². The Labute approximate surface area is 133 Å². The molecular formula is C12H17Cl3N2OS. The second-order valence-corrected chi connectivity index (χ2v) is 7.63. The minimum Gasteiger partial charge on any atom is -0.338 e. The largest absolute Gasteiger partial charge is 0.338 e. The number of piperidine rings is 1. The van der Waals surface area contributed by atoms with Gasteiger partial charge in [0.1, 0.15) is 4.34 Å². The van der Waals surface area contributed by atoms with Crippen molar-refractivity contribution < 1.29 is 4.79 Å². The summed E-state index contributed by atoms with van der Waals surface area (Å²) in [7, 11) is 0. The number of nitrogens with zero attached hydrogens (tertiary/aromatic N) is 1. The van der Waals surface area contributed by atoms with Gasteiger partial charge in [-0.3, -0.25) is 4.79 Å². The van der Waals surface area contributed by atoms with Gasteiger partial charge in [-0.15, -0.1) is 23.7 Å². The van der Waals surface area contributed by atoms with Crippen molar-refractivity contribution in [2.45, 2.75) is 26.3 Å². The third kappa shape index (κ3) is 3.56. The fraction of sp³-hybridized carbons (Fsp3) is 0.583. The third-order valence-corrected chi connectivity index (χ3v) is 4.97. The highest BCUT2D eigenvalue weighted by atomic mass is 35.5. The molecule has 19 heavy (non-hydrogen) atoms. The Hall–Kier alpha value is -0.000000000000000167. The van der Waals surface area contributed by atoms with Crippen molar-refractivity contribution in [1.82, 2.24) is 4.90 Å². The van der Waals surface area contributed by atoms with Crippen molar-refractivity contribution in [2.75, 3.05) is 13.1 Å². The Morgan fingerprint density at radius 1 is 1.53 bits per heavy atom. The smallest absolute Gasteiger partial charge is 0.256 e. The van der Waals surface area contributed by atoms with Crippen LogP contribution in [0.4, 0.5) is 0 Å². The Balaban J connectivity index is 0.00000180. The first-order valence-electron chi connectivity index (χ1n) is 5.81. The molecule has 1 aromatic rings. The van der Waals surface area contributed by atoms with Crippen LogP contribution in [0.1, 0.15) is 30.6 Å². The molecule has 1 atom stereocenters. The summed E-state index contributed by atoms with van der Waals surface area (Å²) in [4.78, 5) is 14.2. The summed E-state index contributed by atoms with van der Waals surface area (Å²) in [5.74, 6) is -0.0527. The second kappa shape index (κ2) is 6.19. The van der Waals surface area contributed by atoms with Gasteiger partial charge in [-0.2, -0.15) is 0 Å². The maximum Gasteiger partial charge on any atom is 0.256 e. The third-order valence-electron chi connectivity index (χ3n) is 3.49. The first-order valence-corrected chi connectivity index (χ1v) is 7.38. The average Bonchev–Trinajstić information content (AvgIpc) is 2.60. The normalized spacial score (nSPS) is 21.9. The summed E-state index contributed by atoms with van der Waals surface area (Å²) >= 11 is 13.1. The number of likely N-dealkylation sites (tertiary alicyclic amines) is 1. The standard InChI is InChI=1S/C12H16Cl2N2OS.ClH/c1-12(2)6-16(4-3-8(12)15)11(17)7-5-9(13)18-10(7)14;/h5,8H,3-4,6,15H2,1-2H3;1H. The zero-order valence-electron chi connectivity index (χ0n) is 10.8. The Morgan fingerprint density at radius 2 is 2.16 bits per heavy atom. The summed E-state index contributed by atoms with van der Waals surface area (Å²) in [5.41, 5.74) is 6.49. The summed E-state index contributed by atoms with van der Waals surface area (Å²) in [6, 6.07) is 1.77. The fourth-order valence-corrected chi connectivity index (χ4v) is 3.65. The van der Waals surface area contributed by atoms with Crippen LogP contribution < -0.4 is 5.73 Å². The lowest BCUT2D eigenvalue weighted by Gasteiger charge is -2.42. The molecule has 0 aliphatic carbocycles. The number of rotatable bonds is 1. The van der Waals surface area contributed by atoms with Crippen molar-refractivity contribution in [2.24, 2.45) is 11.1 Å². The molecule has 1 amide bonds. The zero-order chi connectivity index (χ0) is 13.5. The topological polar surface area (TPSA) is 46.3 Å². The highest BCUT2D eigenvalue weighted by Crippen LogP contribution is 2.34. The van der Waals surface area contributed by atoms with Gasteiger partial charge < -0.3 is 10.6 Å². The highest BCUT2D eigenvalue weighted by Gasteiger charge is 2.36. The lowest BCUT2D eigenvalue weighted by Crippen LogP contribution is -2.53. The lowest BCUT2D eigenvalue weighted by atomic mass is 9.79. The monoisotopic (exact) mass is 342 g/mol. The molecule has 0 bridgehead atoms. The van der Waals surface area contributed by atoms with Crippen molar-refractivity contribution in [1.29, 1.82) is 0 Å². The molecule has 1 aliphatic rings. The average molecular weight is 344 g/mol. The molecule has 7 heteroatoms. The first kappa shape index (κ1) is 17.1. The van der Waals surface area contributed by atoms with Gasteiger partial charge in [-0.05, 0) is 17.9 Å². The molecule has 1 aliphatic heterocycles. The van der Waals surface area contributed by atoms with Crippen LogP contribution in [0.25, 0.3) is 0 Å². The molecular weight excluding hydrogens is 327 g/mol. The van der Waals surface area contributed by atoms with E-state index in [4.69, 9.17) is 28.9 Å². The van der Waals surface area contributed by atoms with Crippen LogP contribution in [0, 0.1) is 5.41 Å². The Bertz CT molecular complexity index is 476. The molecule has 0 saturated carbocycles. The van der Waals surface area contributed by atoms with Gasteiger partial charge in [0.25, 0.3) is 5.91 Å². The molecule has 108 valence electrons. The summed E-state index contributed by atoms with van der Waals surface area (Å²) in [5, 5.41) is 0. The van der Waals surface area contributed by atoms with Gasteiger partial charge in [-0.1, -0.05) is 37.0 Å². The van der Waals surface area contributed by atoms with Gasteiger partial charge in [0.15, 0.2) is 0 Å². The molecule has 1 fully saturated rings. The SMILES string of the molecule is CC1(C)CN(C(=O)c2cc(Cl)sc2Cl)CCC1N.Cl. The second-order valence-electron chi connectivity index (χ2n) is 5.35. The Kier molecular flexibility index (Phi) is 5.55. The van der Waals surface area contributed by atoms with Crippen LogP contribution in [0.3, 0.4) is 0 Å². The fourth-order valence-electron chi connectivity index (χ4n) is 2.20. The molecule has 0 radical (unpaired) electrons. The lowest BCUT2D eigenvalue weighted by molar-refractivity contribution is 0.0533. The number of thiophene rings is 1. The van der Waals surface area contributed by atoms with E-state index in [1.165, 1.54) is 11.3 Å². The highest BCUT2D eigenvalue weighted by molar-refractivity contribution is 7.20. The van der Waals surface area contributed by atoms with E-state index >= 15 is 0 Å². The molecule has 1 saturated heterocycles. The van der Waals surface area contributed by atoms with E-state index in [1.54, 1.807) is 6.07 Å². The zero-order valence-corrected chi connectivity index (χ0v) is 13.9. The van der Waals surface area contributed by atoms with Crippen LogP contribution in [0.2, 0.25) is 8.67 Å². The number of halogens is 3. The molecule has 2 heterocycles. The van der Waals surface area contributed by atoms with E-state index in [0.717, 1.165) is 6.42 Å². The molecule has 3 nitrogen and oxygen atoms in total. The minimum atomic E-state index is -0.0692.